The SMILES string of the molecule is COc1cccc(CN2CC(C(C)C(=O)O)C2)c1. The second-order valence-electron chi connectivity index (χ2n) is 4.93. The first kappa shape index (κ1) is 12.9. The second kappa shape index (κ2) is 5.40. The summed E-state index contributed by atoms with van der Waals surface area (Å²) in [5.41, 5.74) is 1.20. The van der Waals surface area contributed by atoms with Gasteiger partial charge >= 0.3 is 5.97 Å². The Hall–Kier alpha value is -1.55. The largest absolute Gasteiger partial charge is 0.497 e. The van der Waals surface area contributed by atoms with Gasteiger partial charge in [0.25, 0.3) is 0 Å². The topological polar surface area (TPSA) is 49.8 Å². The van der Waals surface area contributed by atoms with Crippen LogP contribution in [0.1, 0.15) is 12.5 Å². The van der Waals surface area contributed by atoms with Crippen molar-refractivity contribution in [2.45, 2.75) is 13.5 Å². The third-order valence-electron chi connectivity index (χ3n) is 3.62. The smallest absolute Gasteiger partial charge is 0.306 e. The molecule has 1 heterocycles. The molecular weight excluding hydrogens is 230 g/mol. The van der Waals surface area contributed by atoms with Crippen molar-refractivity contribution in [3.63, 3.8) is 0 Å². The summed E-state index contributed by atoms with van der Waals surface area (Å²) >= 11 is 0. The first-order valence-corrected chi connectivity index (χ1v) is 6.18. The Morgan fingerprint density at radius 2 is 2.28 bits per heavy atom. The Morgan fingerprint density at radius 1 is 1.56 bits per heavy atom. The summed E-state index contributed by atoms with van der Waals surface area (Å²) in [5.74, 6) is 0.212. The molecule has 1 aromatic carbocycles. The lowest BCUT2D eigenvalue weighted by Crippen LogP contribution is -2.50. The number of likely N-dealkylation sites (tertiary alicyclic amines) is 1. The maximum atomic E-state index is 10.8. The summed E-state index contributed by atoms with van der Waals surface area (Å²) in [6.45, 7) is 4.38. The van der Waals surface area contributed by atoms with E-state index in [1.165, 1.54) is 5.56 Å². The lowest BCUT2D eigenvalue weighted by molar-refractivity contribution is -0.145. The van der Waals surface area contributed by atoms with E-state index in [9.17, 15) is 4.79 Å². The Labute approximate surface area is 107 Å². The van der Waals surface area contributed by atoms with Crippen LogP contribution in [0.5, 0.6) is 5.75 Å². The lowest BCUT2D eigenvalue weighted by atomic mass is 9.87. The van der Waals surface area contributed by atoms with E-state index in [1.54, 1.807) is 14.0 Å². The fourth-order valence-electron chi connectivity index (χ4n) is 2.29. The van der Waals surface area contributed by atoms with Gasteiger partial charge in [-0.25, -0.2) is 0 Å². The minimum atomic E-state index is -0.693. The van der Waals surface area contributed by atoms with Crippen LogP contribution in [-0.2, 0) is 11.3 Å². The van der Waals surface area contributed by atoms with Crippen LogP contribution >= 0.6 is 0 Å². The van der Waals surface area contributed by atoms with Crippen molar-refractivity contribution in [3.05, 3.63) is 29.8 Å². The van der Waals surface area contributed by atoms with Crippen LogP contribution in [0.15, 0.2) is 24.3 Å². The van der Waals surface area contributed by atoms with E-state index >= 15 is 0 Å². The van der Waals surface area contributed by atoms with Crippen molar-refractivity contribution >= 4 is 5.97 Å². The number of nitrogens with zero attached hydrogens (tertiary/aromatic N) is 1. The molecule has 4 nitrogen and oxygen atoms in total. The summed E-state index contributed by atoms with van der Waals surface area (Å²) in [7, 11) is 1.66. The molecule has 1 unspecified atom stereocenters. The monoisotopic (exact) mass is 249 g/mol. The van der Waals surface area contributed by atoms with Crippen molar-refractivity contribution in [1.29, 1.82) is 0 Å². The Kier molecular flexibility index (Phi) is 3.87. The maximum Gasteiger partial charge on any atom is 0.306 e. The van der Waals surface area contributed by atoms with Gasteiger partial charge in [0, 0.05) is 19.6 Å². The predicted octanol–water partition coefficient (Wildman–Crippen LogP) is 1.85. The molecule has 0 amide bonds. The number of hydrogen-bond donors (Lipinski definition) is 1. The van der Waals surface area contributed by atoms with Gasteiger partial charge in [0.1, 0.15) is 5.75 Å². The minimum Gasteiger partial charge on any atom is -0.497 e. The van der Waals surface area contributed by atoms with E-state index in [-0.39, 0.29) is 11.8 Å². The summed E-state index contributed by atoms with van der Waals surface area (Å²) in [4.78, 5) is 13.1. The highest BCUT2D eigenvalue weighted by Gasteiger charge is 2.34. The fourth-order valence-corrected chi connectivity index (χ4v) is 2.29. The fraction of sp³-hybridized carbons (Fsp3) is 0.500. The van der Waals surface area contributed by atoms with Crippen molar-refractivity contribution in [1.82, 2.24) is 4.90 Å². The van der Waals surface area contributed by atoms with E-state index in [0.29, 0.717) is 0 Å². The molecule has 1 N–H and O–H groups in total. The third-order valence-corrected chi connectivity index (χ3v) is 3.62. The van der Waals surface area contributed by atoms with Crippen molar-refractivity contribution in [3.8, 4) is 5.75 Å². The first-order valence-electron chi connectivity index (χ1n) is 6.18. The summed E-state index contributed by atoms with van der Waals surface area (Å²) in [6, 6.07) is 7.99. The van der Waals surface area contributed by atoms with Gasteiger partial charge in [0.2, 0.25) is 0 Å². The molecule has 0 spiro atoms. The van der Waals surface area contributed by atoms with Gasteiger partial charge in [-0.3, -0.25) is 9.69 Å². The van der Waals surface area contributed by atoms with Gasteiger partial charge < -0.3 is 9.84 Å². The number of aliphatic carboxylic acids is 1. The predicted molar refractivity (Wildman–Crippen MR) is 68.6 cm³/mol. The van der Waals surface area contributed by atoms with Crippen LogP contribution in [0.3, 0.4) is 0 Å². The molecule has 0 saturated carbocycles. The van der Waals surface area contributed by atoms with Crippen molar-refractivity contribution in [2.24, 2.45) is 11.8 Å². The molecule has 1 saturated heterocycles. The molecule has 0 bridgehead atoms. The van der Waals surface area contributed by atoms with Gasteiger partial charge in [0.05, 0.1) is 13.0 Å². The number of ether oxygens (including phenoxy) is 1. The van der Waals surface area contributed by atoms with Gasteiger partial charge in [-0.05, 0) is 23.6 Å². The van der Waals surface area contributed by atoms with Crippen LogP contribution in [-0.4, -0.2) is 36.2 Å². The van der Waals surface area contributed by atoms with Crippen LogP contribution in [0.4, 0.5) is 0 Å². The molecule has 1 aromatic rings. The highest BCUT2D eigenvalue weighted by molar-refractivity contribution is 5.70. The number of methoxy groups -OCH3 is 1. The lowest BCUT2D eigenvalue weighted by Gasteiger charge is -2.41. The van der Waals surface area contributed by atoms with Crippen molar-refractivity contribution < 1.29 is 14.6 Å². The van der Waals surface area contributed by atoms with E-state index < -0.39 is 5.97 Å². The molecule has 1 aliphatic rings. The van der Waals surface area contributed by atoms with Gasteiger partial charge in [-0.2, -0.15) is 0 Å². The number of benzene rings is 1. The van der Waals surface area contributed by atoms with Gasteiger partial charge in [-0.1, -0.05) is 19.1 Å². The Balaban J connectivity index is 1.84. The molecule has 0 radical (unpaired) electrons. The molecule has 2 rings (SSSR count). The molecule has 0 aliphatic carbocycles. The molecule has 4 heteroatoms. The van der Waals surface area contributed by atoms with E-state index in [0.717, 1.165) is 25.4 Å². The molecular formula is C14H19NO3. The highest BCUT2D eigenvalue weighted by Crippen LogP contribution is 2.26. The maximum absolute atomic E-state index is 10.8. The molecule has 1 fully saturated rings. The summed E-state index contributed by atoms with van der Waals surface area (Å²) in [5, 5.41) is 8.93. The molecule has 98 valence electrons. The quantitative estimate of drug-likeness (QED) is 0.865. The number of hydrogen-bond acceptors (Lipinski definition) is 3. The molecule has 0 aromatic heterocycles. The zero-order valence-corrected chi connectivity index (χ0v) is 10.8. The number of carboxylic acids is 1. The van der Waals surface area contributed by atoms with Crippen molar-refractivity contribution in [2.75, 3.05) is 20.2 Å². The highest BCUT2D eigenvalue weighted by atomic mass is 16.5. The van der Waals surface area contributed by atoms with Crippen LogP contribution in [0.25, 0.3) is 0 Å². The third kappa shape index (κ3) is 2.82. The van der Waals surface area contributed by atoms with Gasteiger partial charge in [0.15, 0.2) is 0 Å². The Morgan fingerprint density at radius 3 is 2.89 bits per heavy atom. The van der Waals surface area contributed by atoms with Crippen LogP contribution in [0, 0.1) is 11.8 Å². The number of carbonyl (C=O) groups is 1. The zero-order valence-electron chi connectivity index (χ0n) is 10.8. The molecule has 1 atom stereocenters. The zero-order chi connectivity index (χ0) is 13.1. The molecule has 18 heavy (non-hydrogen) atoms. The normalized spacial score (nSPS) is 18.1. The second-order valence-corrected chi connectivity index (χ2v) is 4.93. The summed E-state index contributed by atoms with van der Waals surface area (Å²) < 4.78 is 5.18. The number of carboxylic acid groups (broad SMARTS) is 1. The average Bonchev–Trinajstić information content (AvgIpc) is 2.32. The van der Waals surface area contributed by atoms with E-state index in [2.05, 4.69) is 11.0 Å². The van der Waals surface area contributed by atoms with E-state index in [4.69, 9.17) is 9.84 Å². The Bertz CT molecular complexity index is 427. The van der Waals surface area contributed by atoms with Gasteiger partial charge in [-0.15, -0.1) is 0 Å². The minimum absolute atomic E-state index is 0.244. The summed E-state index contributed by atoms with van der Waals surface area (Å²) in [6.07, 6.45) is 0. The van der Waals surface area contributed by atoms with Crippen LogP contribution < -0.4 is 4.74 Å². The van der Waals surface area contributed by atoms with E-state index in [1.807, 2.05) is 18.2 Å². The van der Waals surface area contributed by atoms with Crippen LogP contribution in [0.2, 0.25) is 0 Å². The average molecular weight is 249 g/mol. The number of rotatable bonds is 5. The molecule has 1 aliphatic heterocycles. The first-order chi connectivity index (χ1) is 8.60. The standard InChI is InChI=1S/C14H19NO3/c1-10(14(16)17)12-8-15(9-12)7-11-4-3-5-13(6-11)18-2/h3-6,10,12H,7-9H2,1-2H3,(H,16,17).